The molecule has 0 fully saturated rings. The molecule has 4 aromatic carbocycles. The second-order valence-corrected chi connectivity index (χ2v) is 8.36. The Morgan fingerprint density at radius 1 is 0.619 bits per heavy atom. The molecule has 0 radical (unpaired) electrons. The summed E-state index contributed by atoms with van der Waals surface area (Å²) in [5.74, 6) is -2.83. The maximum absolute atomic E-state index is 12.4. The number of benzene rings is 4. The van der Waals surface area contributed by atoms with Gasteiger partial charge in [0, 0.05) is 34.4 Å². The maximum atomic E-state index is 12.4. The third-order valence-electron chi connectivity index (χ3n) is 5.74. The summed E-state index contributed by atoms with van der Waals surface area (Å²) in [5.41, 5.74) is -0.919. The average molecular weight is 578 g/mol. The van der Waals surface area contributed by atoms with Crippen LogP contribution < -0.4 is 9.47 Å². The molecule has 4 N–H and O–H groups in total. The Hall–Kier alpha value is -6.18. The number of hydrogen-bond donors (Lipinski definition) is 4. The van der Waals surface area contributed by atoms with E-state index in [0.29, 0.717) is 11.3 Å². The lowest BCUT2D eigenvalue weighted by molar-refractivity contribution is -0.386. The highest BCUT2D eigenvalue weighted by atomic mass is 16.6. The molecule has 0 aliphatic carbocycles. The number of methoxy groups -OCH3 is 2. The number of nitrogens with zero attached hydrogens (tertiary/aromatic N) is 2. The van der Waals surface area contributed by atoms with E-state index >= 15 is 0 Å². The minimum atomic E-state index is -0.900. The van der Waals surface area contributed by atoms with Crippen molar-refractivity contribution >= 4 is 22.9 Å². The summed E-state index contributed by atoms with van der Waals surface area (Å²) >= 11 is 0. The lowest BCUT2D eigenvalue weighted by Crippen LogP contribution is -2.03. The van der Waals surface area contributed by atoms with Crippen LogP contribution in [0.25, 0.3) is 0 Å². The van der Waals surface area contributed by atoms with Crippen molar-refractivity contribution in [3.05, 3.63) is 115 Å². The van der Waals surface area contributed by atoms with Gasteiger partial charge in [-0.05, 0) is 60.7 Å². The highest BCUT2D eigenvalue weighted by Gasteiger charge is 2.24. The Balaban J connectivity index is 0.000000231. The van der Waals surface area contributed by atoms with Crippen LogP contribution in [0.15, 0.2) is 72.8 Å². The first kappa shape index (κ1) is 30.4. The highest BCUT2D eigenvalue weighted by molar-refractivity contribution is 6.10. The topological polar surface area (TPSA) is 220 Å². The fraction of sp³-hybridized carbons (Fsp3) is 0.0714. The number of nitro groups is 2. The van der Waals surface area contributed by atoms with Gasteiger partial charge in [-0.3, -0.25) is 29.8 Å². The monoisotopic (exact) mass is 578 g/mol. The Bertz CT molecular complexity index is 1670. The van der Waals surface area contributed by atoms with Gasteiger partial charge in [-0.25, -0.2) is 0 Å². The molecular formula is C28H22N2O12. The van der Waals surface area contributed by atoms with Crippen LogP contribution in [0.2, 0.25) is 0 Å². The largest absolute Gasteiger partial charge is 0.508 e. The van der Waals surface area contributed by atoms with Crippen LogP contribution in [0.4, 0.5) is 11.4 Å². The van der Waals surface area contributed by atoms with Crippen molar-refractivity contribution in [3.63, 3.8) is 0 Å². The molecule has 14 heteroatoms. The molecule has 216 valence electrons. The van der Waals surface area contributed by atoms with Crippen LogP contribution in [0.3, 0.4) is 0 Å². The highest BCUT2D eigenvalue weighted by Crippen LogP contribution is 2.38. The van der Waals surface area contributed by atoms with E-state index in [0.717, 1.165) is 18.2 Å². The second-order valence-electron chi connectivity index (χ2n) is 8.36. The van der Waals surface area contributed by atoms with Gasteiger partial charge in [-0.1, -0.05) is 0 Å². The number of phenols is 4. The smallest absolute Gasteiger partial charge is 0.315 e. The number of hydrogen-bond acceptors (Lipinski definition) is 12. The maximum Gasteiger partial charge on any atom is 0.315 e. The molecule has 4 rings (SSSR count). The zero-order chi connectivity index (χ0) is 31.1. The molecule has 0 bridgehead atoms. The lowest BCUT2D eigenvalue weighted by Gasteiger charge is -2.07. The van der Waals surface area contributed by atoms with Gasteiger partial charge in [0.05, 0.1) is 24.1 Å². The second kappa shape index (κ2) is 12.8. The fourth-order valence-corrected chi connectivity index (χ4v) is 3.58. The molecule has 0 saturated carbocycles. The van der Waals surface area contributed by atoms with Crippen molar-refractivity contribution in [1.29, 1.82) is 0 Å². The summed E-state index contributed by atoms with van der Waals surface area (Å²) in [6.07, 6.45) is 0. The van der Waals surface area contributed by atoms with Crippen LogP contribution >= 0.6 is 0 Å². The summed E-state index contributed by atoms with van der Waals surface area (Å²) in [4.78, 5) is 44.5. The molecule has 0 aromatic heterocycles. The third kappa shape index (κ3) is 6.69. The Kier molecular flexibility index (Phi) is 9.24. The van der Waals surface area contributed by atoms with E-state index in [1.165, 1.54) is 44.6 Å². The van der Waals surface area contributed by atoms with Crippen molar-refractivity contribution in [2.75, 3.05) is 14.2 Å². The number of ketones is 2. The van der Waals surface area contributed by atoms with Gasteiger partial charge in [0.2, 0.25) is 11.5 Å². The molecule has 0 saturated heterocycles. The molecule has 0 aliphatic rings. The average Bonchev–Trinajstić information content (AvgIpc) is 2.98. The Morgan fingerprint density at radius 3 is 1.52 bits per heavy atom. The van der Waals surface area contributed by atoms with E-state index in [2.05, 4.69) is 0 Å². The molecular weight excluding hydrogens is 556 g/mol. The van der Waals surface area contributed by atoms with Crippen molar-refractivity contribution in [2.24, 2.45) is 0 Å². The van der Waals surface area contributed by atoms with Crippen LogP contribution in [-0.2, 0) is 0 Å². The van der Waals surface area contributed by atoms with Crippen LogP contribution in [-0.4, -0.2) is 56.1 Å². The van der Waals surface area contributed by atoms with E-state index in [1.807, 2.05) is 0 Å². The molecule has 42 heavy (non-hydrogen) atoms. The third-order valence-corrected chi connectivity index (χ3v) is 5.74. The van der Waals surface area contributed by atoms with Crippen molar-refractivity contribution < 1.29 is 49.3 Å². The van der Waals surface area contributed by atoms with E-state index < -0.39 is 50.0 Å². The molecule has 0 unspecified atom stereocenters. The predicted molar refractivity (Wildman–Crippen MR) is 146 cm³/mol. The van der Waals surface area contributed by atoms with Crippen LogP contribution in [0.1, 0.15) is 31.8 Å². The van der Waals surface area contributed by atoms with Gasteiger partial charge >= 0.3 is 11.4 Å². The number of carbonyl (C=O) groups excluding carboxylic acids is 2. The minimum Gasteiger partial charge on any atom is -0.508 e. The molecule has 0 spiro atoms. The molecule has 0 aliphatic heterocycles. The summed E-state index contributed by atoms with van der Waals surface area (Å²) in [6.45, 7) is 0. The number of nitro benzene ring substituents is 2. The minimum absolute atomic E-state index is 0.0268. The van der Waals surface area contributed by atoms with Crippen LogP contribution in [0, 0.1) is 20.2 Å². The van der Waals surface area contributed by atoms with E-state index in [9.17, 15) is 45.1 Å². The predicted octanol–water partition coefficient (Wildman–Crippen LogP) is 4.49. The number of rotatable bonds is 8. The van der Waals surface area contributed by atoms with Gasteiger partial charge in [0.15, 0.2) is 23.1 Å². The number of carbonyl (C=O) groups is 2. The van der Waals surface area contributed by atoms with Crippen LogP contribution in [0.5, 0.6) is 34.5 Å². The Labute approximate surface area is 236 Å². The molecule has 0 heterocycles. The normalized spacial score (nSPS) is 10.1. The van der Waals surface area contributed by atoms with Crippen molar-refractivity contribution in [1.82, 2.24) is 0 Å². The van der Waals surface area contributed by atoms with E-state index in [1.54, 1.807) is 24.3 Å². The zero-order valence-corrected chi connectivity index (χ0v) is 21.9. The van der Waals surface area contributed by atoms with Gasteiger partial charge in [0.25, 0.3) is 0 Å². The van der Waals surface area contributed by atoms with E-state index in [4.69, 9.17) is 14.6 Å². The van der Waals surface area contributed by atoms with Gasteiger partial charge in [-0.2, -0.15) is 0 Å². The number of phenolic OH excluding ortho intramolecular Hbond substituents is 4. The summed E-state index contributed by atoms with van der Waals surface area (Å²) < 4.78 is 9.88. The van der Waals surface area contributed by atoms with Crippen molar-refractivity contribution in [3.8, 4) is 34.5 Å². The van der Waals surface area contributed by atoms with Gasteiger partial charge in [0.1, 0.15) is 11.5 Å². The summed E-state index contributed by atoms with van der Waals surface area (Å²) in [5, 5.41) is 59.3. The van der Waals surface area contributed by atoms with E-state index in [-0.39, 0.29) is 28.2 Å². The fourth-order valence-electron chi connectivity index (χ4n) is 3.58. The molecule has 0 amide bonds. The summed E-state index contributed by atoms with van der Waals surface area (Å²) in [7, 11) is 2.76. The summed E-state index contributed by atoms with van der Waals surface area (Å²) in [6, 6.07) is 15.7. The van der Waals surface area contributed by atoms with Crippen molar-refractivity contribution in [2.45, 2.75) is 0 Å². The Morgan fingerprint density at radius 2 is 1.07 bits per heavy atom. The zero-order valence-electron chi connectivity index (χ0n) is 21.9. The van der Waals surface area contributed by atoms with Gasteiger partial charge in [-0.15, -0.1) is 0 Å². The molecule has 14 nitrogen and oxygen atoms in total. The standard InChI is InChI=1S/C15H13NO6.C13H9NO6/c1-21-11-5-3-9(4-6-11)14(17)10-7-12(16(19)20)15(18)13(8-10)22-2;15-9-3-1-7(2-4-9)12(17)8-5-10(14(19)20)13(18)11(16)6-8/h3-8,18H,1-2H3;1-6,15-16,18H. The first-order valence-electron chi connectivity index (χ1n) is 11.7. The SMILES string of the molecule is COc1ccc(C(=O)c2cc(OC)c(O)c([N+](=O)[O-])c2)cc1.O=C(c1ccc(O)cc1)c1cc(O)c(O)c([N+](=O)[O-])c1. The quantitative estimate of drug-likeness (QED) is 0.0983. The first-order valence-corrected chi connectivity index (χ1v) is 11.7. The first-order chi connectivity index (χ1) is 19.9. The number of aromatic hydroxyl groups is 4. The number of ether oxygens (including phenoxy) is 2. The molecule has 4 aromatic rings. The van der Waals surface area contributed by atoms with Gasteiger partial charge < -0.3 is 29.9 Å². The molecule has 0 atom stereocenters. The lowest BCUT2D eigenvalue weighted by atomic mass is 10.0.